The molecule has 2 amide bonds. The first kappa shape index (κ1) is 25.8. The van der Waals surface area contributed by atoms with Crippen molar-refractivity contribution in [2.45, 2.75) is 26.3 Å². The van der Waals surface area contributed by atoms with Gasteiger partial charge in [-0.25, -0.2) is 17.5 Å². The first-order valence-electron chi connectivity index (χ1n) is 10.9. The summed E-state index contributed by atoms with van der Waals surface area (Å²) in [5, 5.41) is 0.876. The Morgan fingerprint density at radius 2 is 1.71 bits per heavy atom. The van der Waals surface area contributed by atoms with Gasteiger partial charge in [-0.05, 0) is 61.7 Å². The van der Waals surface area contributed by atoms with Crippen LogP contribution in [0.4, 0.5) is 10.1 Å². The molecule has 1 heterocycles. The number of sulfonamides is 1. The standard InChI is InChI=1S/C26H26FN3O4S/c1-19(2)30(23-9-6-15-28-18-23)26(32)24(17-21-10-12-22(27)13-11-21)25(31)29-35(33,34)16-14-20-7-4-3-5-8-20/h3-16,18-19,24H,17H2,1-2H3,(H,29,31). The Hall–Kier alpha value is -3.85. The van der Waals surface area contributed by atoms with Gasteiger partial charge in [-0.1, -0.05) is 42.5 Å². The smallest absolute Gasteiger partial charge is 0.257 e. The van der Waals surface area contributed by atoms with Crippen LogP contribution in [-0.2, 0) is 26.0 Å². The summed E-state index contributed by atoms with van der Waals surface area (Å²) >= 11 is 0. The van der Waals surface area contributed by atoms with E-state index < -0.39 is 33.6 Å². The lowest BCUT2D eigenvalue weighted by Gasteiger charge is -2.30. The fourth-order valence-corrected chi connectivity index (χ4v) is 4.30. The molecule has 1 unspecified atom stereocenters. The molecule has 1 N–H and O–H groups in total. The number of amides is 2. The van der Waals surface area contributed by atoms with E-state index >= 15 is 0 Å². The number of benzene rings is 2. The van der Waals surface area contributed by atoms with Gasteiger partial charge in [0.1, 0.15) is 11.7 Å². The third kappa shape index (κ3) is 7.31. The Morgan fingerprint density at radius 1 is 1.03 bits per heavy atom. The van der Waals surface area contributed by atoms with Gasteiger partial charge in [0.05, 0.1) is 17.3 Å². The Labute approximate surface area is 204 Å². The van der Waals surface area contributed by atoms with Crippen LogP contribution in [0, 0.1) is 11.7 Å². The maximum atomic E-state index is 13.6. The molecule has 0 aliphatic rings. The molecule has 0 bridgehead atoms. The maximum Gasteiger partial charge on any atom is 0.257 e. The van der Waals surface area contributed by atoms with Gasteiger partial charge in [-0.3, -0.25) is 14.6 Å². The predicted molar refractivity (Wildman–Crippen MR) is 133 cm³/mol. The van der Waals surface area contributed by atoms with E-state index in [1.54, 1.807) is 62.5 Å². The second-order valence-electron chi connectivity index (χ2n) is 8.12. The molecule has 0 aliphatic heterocycles. The van der Waals surface area contributed by atoms with Crippen LogP contribution < -0.4 is 9.62 Å². The van der Waals surface area contributed by atoms with Crippen molar-refractivity contribution in [1.82, 2.24) is 9.71 Å². The number of hydrogen-bond acceptors (Lipinski definition) is 5. The van der Waals surface area contributed by atoms with Gasteiger partial charge in [0, 0.05) is 12.2 Å². The lowest BCUT2D eigenvalue weighted by Crippen LogP contribution is -2.48. The number of carbonyl (C=O) groups excluding carboxylic acids is 2. The number of halogens is 1. The van der Waals surface area contributed by atoms with Crippen LogP contribution in [0.15, 0.2) is 84.5 Å². The number of carbonyl (C=O) groups is 2. The van der Waals surface area contributed by atoms with E-state index in [-0.39, 0.29) is 12.5 Å². The highest BCUT2D eigenvalue weighted by atomic mass is 32.2. The minimum absolute atomic E-state index is 0.119. The fourth-order valence-electron chi connectivity index (χ4n) is 3.47. The fraction of sp³-hybridized carbons (Fsp3) is 0.192. The molecule has 0 fully saturated rings. The first-order valence-corrected chi connectivity index (χ1v) is 12.5. The molecular formula is C26H26FN3O4S. The van der Waals surface area contributed by atoms with E-state index in [0.29, 0.717) is 16.8 Å². The van der Waals surface area contributed by atoms with Crippen molar-refractivity contribution in [2.24, 2.45) is 5.92 Å². The molecule has 3 aromatic rings. The van der Waals surface area contributed by atoms with Crippen molar-refractivity contribution < 1.29 is 22.4 Å². The molecule has 1 atom stereocenters. The van der Waals surface area contributed by atoms with Crippen LogP contribution in [-0.4, -0.2) is 31.3 Å². The van der Waals surface area contributed by atoms with Crippen molar-refractivity contribution in [1.29, 1.82) is 0 Å². The minimum atomic E-state index is -4.19. The molecule has 7 nitrogen and oxygen atoms in total. The number of anilines is 1. The Kier molecular flexibility index (Phi) is 8.48. The second-order valence-corrected chi connectivity index (χ2v) is 9.69. The van der Waals surface area contributed by atoms with Gasteiger partial charge in [0.25, 0.3) is 10.0 Å². The number of rotatable bonds is 9. The zero-order valence-electron chi connectivity index (χ0n) is 19.3. The van der Waals surface area contributed by atoms with E-state index in [2.05, 4.69) is 4.98 Å². The molecular weight excluding hydrogens is 469 g/mol. The van der Waals surface area contributed by atoms with Crippen LogP contribution in [0.5, 0.6) is 0 Å². The lowest BCUT2D eigenvalue weighted by molar-refractivity contribution is -0.132. The molecule has 0 saturated heterocycles. The van der Waals surface area contributed by atoms with Crippen LogP contribution in [0.25, 0.3) is 6.08 Å². The van der Waals surface area contributed by atoms with E-state index in [9.17, 15) is 22.4 Å². The third-order valence-electron chi connectivity index (χ3n) is 5.13. The third-order valence-corrected chi connectivity index (χ3v) is 6.11. The van der Waals surface area contributed by atoms with Crippen LogP contribution >= 0.6 is 0 Å². The van der Waals surface area contributed by atoms with Crippen LogP contribution in [0.2, 0.25) is 0 Å². The summed E-state index contributed by atoms with van der Waals surface area (Å²) in [6.07, 6.45) is 4.28. The number of hydrogen-bond donors (Lipinski definition) is 1. The molecule has 1 aromatic heterocycles. The Bertz CT molecular complexity index is 1280. The summed E-state index contributed by atoms with van der Waals surface area (Å²) in [5.74, 6) is -3.43. The van der Waals surface area contributed by atoms with E-state index in [0.717, 1.165) is 5.41 Å². The largest absolute Gasteiger partial charge is 0.308 e. The Morgan fingerprint density at radius 3 is 2.31 bits per heavy atom. The predicted octanol–water partition coefficient (Wildman–Crippen LogP) is 3.94. The Balaban J connectivity index is 1.91. The average molecular weight is 496 g/mol. The highest BCUT2D eigenvalue weighted by molar-refractivity contribution is 7.93. The van der Waals surface area contributed by atoms with Crippen molar-refractivity contribution in [3.05, 3.63) is 101 Å². The summed E-state index contributed by atoms with van der Waals surface area (Å²) in [5.41, 5.74) is 1.61. The molecule has 0 aliphatic carbocycles. The minimum Gasteiger partial charge on any atom is -0.308 e. The maximum absolute atomic E-state index is 13.6. The van der Waals surface area contributed by atoms with Gasteiger partial charge >= 0.3 is 0 Å². The lowest BCUT2D eigenvalue weighted by atomic mass is 9.96. The van der Waals surface area contributed by atoms with Crippen LogP contribution in [0.3, 0.4) is 0 Å². The number of nitrogens with zero attached hydrogens (tertiary/aromatic N) is 2. The molecule has 182 valence electrons. The van der Waals surface area contributed by atoms with Gasteiger partial charge in [-0.2, -0.15) is 0 Å². The van der Waals surface area contributed by atoms with Gasteiger partial charge < -0.3 is 4.90 Å². The molecule has 0 spiro atoms. The van der Waals surface area contributed by atoms with Crippen molar-refractivity contribution in [3.63, 3.8) is 0 Å². The average Bonchev–Trinajstić information content (AvgIpc) is 2.83. The van der Waals surface area contributed by atoms with Gasteiger partial charge in [0.2, 0.25) is 11.8 Å². The molecule has 0 saturated carbocycles. The number of pyridine rings is 1. The van der Waals surface area contributed by atoms with E-state index in [1.165, 1.54) is 41.4 Å². The van der Waals surface area contributed by atoms with Crippen molar-refractivity contribution in [2.75, 3.05) is 4.90 Å². The highest BCUT2D eigenvalue weighted by Crippen LogP contribution is 2.22. The second kappa shape index (κ2) is 11.5. The zero-order valence-corrected chi connectivity index (χ0v) is 20.2. The molecule has 35 heavy (non-hydrogen) atoms. The monoisotopic (exact) mass is 495 g/mol. The highest BCUT2D eigenvalue weighted by Gasteiger charge is 2.34. The summed E-state index contributed by atoms with van der Waals surface area (Å²) in [7, 11) is -4.19. The first-order chi connectivity index (χ1) is 16.7. The van der Waals surface area contributed by atoms with Crippen LogP contribution in [0.1, 0.15) is 25.0 Å². The number of aromatic nitrogens is 1. The normalized spacial score (nSPS) is 12.5. The summed E-state index contributed by atoms with van der Waals surface area (Å²) < 4.78 is 40.6. The SMILES string of the molecule is CC(C)N(C(=O)C(Cc1ccc(F)cc1)C(=O)NS(=O)(=O)C=Cc1ccccc1)c1cccnc1. The van der Waals surface area contributed by atoms with Gasteiger partial charge in [-0.15, -0.1) is 0 Å². The zero-order chi connectivity index (χ0) is 25.4. The molecule has 0 radical (unpaired) electrons. The summed E-state index contributed by atoms with van der Waals surface area (Å²) in [6.45, 7) is 3.55. The number of nitrogens with one attached hydrogen (secondary N) is 1. The quantitative estimate of drug-likeness (QED) is 0.454. The summed E-state index contributed by atoms with van der Waals surface area (Å²) in [6, 6.07) is 17.1. The summed E-state index contributed by atoms with van der Waals surface area (Å²) in [4.78, 5) is 32.2. The topological polar surface area (TPSA) is 96.4 Å². The molecule has 3 rings (SSSR count). The van der Waals surface area contributed by atoms with E-state index in [4.69, 9.17) is 0 Å². The van der Waals surface area contributed by atoms with Gasteiger partial charge in [0.15, 0.2) is 0 Å². The molecule has 9 heteroatoms. The van der Waals surface area contributed by atoms with Crippen molar-refractivity contribution in [3.8, 4) is 0 Å². The van der Waals surface area contributed by atoms with E-state index in [1.807, 2.05) is 4.72 Å². The van der Waals surface area contributed by atoms with Crippen molar-refractivity contribution >= 4 is 33.6 Å². The molecule has 2 aromatic carbocycles.